The van der Waals surface area contributed by atoms with E-state index >= 15 is 0 Å². The van der Waals surface area contributed by atoms with Crippen LogP contribution >= 0.6 is 23.4 Å². The second kappa shape index (κ2) is 13.6. The quantitative estimate of drug-likeness (QED) is 0.147. The van der Waals surface area contributed by atoms with E-state index in [1.165, 1.54) is 17.8 Å². The van der Waals surface area contributed by atoms with Crippen LogP contribution in [0.2, 0.25) is 5.02 Å². The van der Waals surface area contributed by atoms with E-state index in [1.807, 2.05) is 56.3 Å². The zero-order valence-electron chi connectivity index (χ0n) is 22.0. The van der Waals surface area contributed by atoms with Crippen LogP contribution in [-0.2, 0) is 9.59 Å². The van der Waals surface area contributed by atoms with Gasteiger partial charge in [0.15, 0.2) is 0 Å². The van der Waals surface area contributed by atoms with Gasteiger partial charge >= 0.3 is 0 Å². The minimum absolute atomic E-state index is 0.0434. The number of amides is 3. The van der Waals surface area contributed by atoms with Crippen LogP contribution in [0.25, 0.3) is 6.08 Å². The maximum Gasteiger partial charge on any atom is 0.272 e. The van der Waals surface area contributed by atoms with Gasteiger partial charge in [0.1, 0.15) is 5.70 Å². The van der Waals surface area contributed by atoms with Gasteiger partial charge < -0.3 is 16.0 Å². The molecule has 0 aliphatic heterocycles. The number of anilines is 2. The second-order valence-electron chi connectivity index (χ2n) is 8.94. The molecule has 0 heterocycles. The average Bonchev–Trinajstić information content (AvgIpc) is 2.96. The molecule has 0 spiro atoms. The number of aryl methyl sites for hydroxylation is 1. The van der Waals surface area contributed by atoms with Crippen molar-refractivity contribution in [1.29, 1.82) is 0 Å². The van der Waals surface area contributed by atoms with Crippen molar-refractivity contribution in [3.8, 4) is 0 Å². The largest absolute Gasteiger partial charge is 0.325 e. The van der Waals surface area contributed by atoms with E-state index in [0.29, 0.717) is 21.8 Å². The summed E-state index contributed by atoms with van der Waals surface area (Å²) in [4.78, 5) is 39.6. The Bertz CT molecular complexity index is 1540. The van der Waals surface area contributed by atoms with E-state index in [1.54, 1.807) is 60.7 Å². The molecule has 8 heteroatoms. The molecule has 0 saturated carbocycles. The Morgan fingerprint density at radius 1 is 0.800 bits per heavy atom. The number of hydrogen-bond acceptors (Lipinski definition) is 4. The normalized spacial score (nSPS) is 11.8. The molecule has 1 unspecified atom stereocenters. The zero-order chi connectivity index (χ0) is 28.5. The zero-order valence-corrected chi connectivity index (χ0v) is 23.6. The van der Waals surface area contributed by atoms with Crippen LogP contribution in [0, 0.1) is 6.92 Å². The fourth-order valence-corrected chi connectivity index (χ4v) is 4.77. The molecule has 40 heavy (non-hydrogen) atoms. The maximum absolute atomic E-state index is 13.3. The lowest BCUT2D eigenvalue weighted by Gasteiger charge is -2.14. The van der Waals surface area contributed by atoms with Gasteiger partial charge in [0.2, 0.25) is 5.91 Å². The summed E-state index contributed by atoms with van der Waals surface area (Å²) in [6.07, 6.45) is 1.54. The summed E-state index contributed by atoms with van der Waals surface area (Å²) >= 11 is 7.71. The minimum atomic E-state index is -0.504. The SMILES string of the molecule is Cc1ccccc1NC(=O)C(C)Sc1ccc(NC(=O)/C(=C/c2ccccc2Cl)NC(=O)c2ccccc2)cc1. The number of nitrogens with one attached hydrogen (secondary N) is 3. The number of para-hydroxylation sites is 1. The van der Waals surface area contributed by atoms with Gasteiger partial charge in [0, 0.05) is 26.9 Å². The summed E-state index contributed by atoms with van der Waals surface area (Å²) in [6.45, 7) is 3.79. The van der Waals surface area contributed by atoms with E-state index < -0.39 is 11.8 Å². The van der Waals surface area contributed by atoms with Crippen molar-refractivity contribution in [2.45, 2.75) is 24.0 Å². The number of carbonyl (C=O) groups is 3. The van der Waals surface area contributed by atoms with E-state index in [4.69, 9.17) is 11.6 Å². The topological polar surface area (TPSA) is 87.3 Å². The summed E-state index contributed by atoms with van der Waals surface area (Å²) in [5.41, 5.74) is 3.37. The van der Waals surface area contributed by atoms with Crippen molar-refractivity contribution in [3.05, 3.63) is 131 Å². The van der Waals surface area contributed by atoms with Gasteiger partial charge in [0.25, 0.3) is 11.8 Å². The van der Waals surface area contributed by atoms with Crippen molar-refractivity contribution in [3.63, 3.8) is 0 Å². The van der Waals surface area contributed by atoms with E-state index in [2.05, 4.69) is 16.0 Å². The molecule has 1 atom stereocenters. The molecular weight excluding hydrogens is 542 g/mol. The highest BCUT2D eigenvalue weighted by atomic mass is 35.5. The molecule has 0 aliphatic carbocycles. The minimum Gasteiger partial charge on any atom is -0.325 e. The van der Waals surface area contributed by atoms with Crippen LogP contribution in [0.5, 0.6) is 0 Å². The number of thioether (sulfide) groups is 1. The van der Waals surface area contributed by atoms with Crippen molar-refractivity contribution in [2.75, 3.05) is 10.6 Å². The Balaban J connectivity index is 1.44. The Kier molecular flexibility index (Phi) is 9.78. The molecule has 6 nitrogen and oxygen atoms in total. The lowest BCUT2D eigenvalue weighted by Crippen LogP contribution is -2.30. The fraction of sp³-hybridized carbons (Fsp3) is 0.0938. The molecule has 0 saturated heterocycles. The molecular formula is C32H28ClN3O3S. The Hall–Kier alpha value is -4.33. The second-order valence-corrected chi connectivity index (χ2v) is 10.8. The van der Waals surface area contributed by atoms with Crippen LogP contribution in [0.1, 0.15) is 28.4 Å². The Labute approximate surface area is 242 Å². The van der Waals surface area contributed by atoms with Crippen LogP contribution in [-0.4, -0.2) is 23.0 Å². The van der Waals surface area contributed by atoms with Crippen LogP contribution < -0.4 is 16.0 Å². The number of hydrogen-bond donors (Lipinski definition) is 3. The molecule has 3 amide bonds. The van der Waals surface area contributed by atoms with Gasteiger partial charge in [-0.3, -0.25) is 14.4 Å². The third-order valence-corrected chi connectivity index (χ3v) is 7.39. The molecule has 4 aromatic rings. The lowest BCUT2D eigenvalue weighted by molar-refractivity contribution is -0.115. The maximum atomic E-state index is 13.3. The molecule has 4 aromatic carbocycles. The summed E-state index contributed by atoms with van der Waals surface area (Å²) in [7, 11) is 0. The van der Waals surface area contributed by atoms with Crippen LogP contribution in [0.4, 0.5) is 11.4 Å². The van der Waals surface area contributed by atoms with Gasteiger partial charge in [-0.15, -0.1) is 11.8 Å². The van der Waals surface area contributed by atoms with Crippen LogP contribution in [0.15, 0.2) is 114 Å². The number of benzene rings is 4. The highest BCUT2D eigenvalue weighted by molar-refractivity contribution is 8.00. The fourth-order valence-electron chi connectivity index (χ4n) is 3.71. The summed E-state index contributed by atoms with van der Waals surface area (Å²) in [6, 6.07) is 30.5. The summed E-state index contributed by atoms with van der Waals surface area (Å²) in [5.74, 6) is -1.02. The number of halogens is 1. The molecule has 0 radical (unpaired) electrons. The third-order valence-electron chi connectivity index (χ3n) is 5.93. The van der Waals surface area contributed by atoms with E-state index in [0.717, 1.165) is 16.1 Å². The lowest BCUT2D eigenvalue weighted by atomic mass is 10.1. The molecule has 0 bridgehead atoms. The summed E-state index contributed by atoms with van der Waals surface area (Å²) < 4.78 is 0. The molecule has 3 N–H and O–H groups in total. The van der Waals surface area contributed by atoms with Gasteiger partial charge in [-0.1, -0.05) is 66.2 Å². The van der Waals surface area contributed by atoms with Crippen molar-refractivity contribution >= 4 is 58.5 Å². The molecule has 0 aromatic heterocycles. The highest BCUT2D eigenvalue weighted by Crippen LogP contribution is 2.26. The van der Waals surface area contributed by atoms with E-state index in [-0.39, 0.29) is 16.9 Å². The van der Waals surface area contributed by atoms with Gasteiger partial charge in [-0.05, 0) is 79.6 Å². The van der Waals surface area contributed by atoms with Crippen molar-refractivity contribution in [1.82, 2.24) is 5.32 Å². The van der Waals surface area contributed by atoms with Crippen molar-refractivity contribution < 1.29 is 14.4 Å². The smallest absolute Gasteiger partial charge is 0.272 e. The van der Waals surface area contributed by atoms with Gasteiger partial charge in [-0.2, -0.15) is 0 Å². The van der Waals surface area contributed by atoms with Crippen molar-refractivity contribution in [2.24, 2.45) is 0 Å². The molecule has 202 valence electrons. The first-order valence-electron chi connectivity index (χ1n) is 12.6. The highest BCUT2D eigenvalue weighted by Gasteiger charge is 2.17. The Morgan fingerprint density at radius 2 is 1.45 bits per heavy atom. The first kappa shape index (κ1) is 28.7. The molecule has 0 fully saturated rings. The molecule has 4 rings (SSSR count). The first-order valence-corrected chi connectivity index (χ1v) is 13.8. The number of rotatable bonds is 9. The predicted octanol–water partition coefficient (Wildman–Crippen LogP) is 7.18. The number of carbonyl (C=O) groups excluding carboxylic acids is 3. The standard InChI is InChI=1S/C32H28ClN3O3S/c1-21-10-6-9-15-28(21)35-30(37)22(2)40-26-18-16-25(17-19-26)34-32(39)29(20-24-13-7-8-14-27(24)33)36-31(38)23-11-4-3-5-12-23/h3-20,22H,1-2H3,(H,34,39)(H,35,37)(H,36,38)/b29-20-. The van der Waals surface area contributed by atoms with Gasteiger partial charge in [0.05, 0.1) is 5.25 Å². The molecule has 0 aliphatic rings. The predicted molar refractivity (Wildman–Crippen MR) is 164 cm³/mol. The monoisotopic (exact) mass is 569 g/mol. The average molecular weight is 570 g/mol. The first-order chi connectivity index (χ1) is 19.3. The third kappa shape index (κ3) is 7.85. The summed E-state index contributed by atoms with van der Waals surface area (Å²) in [5, 5.41) is 8.61. The Morgan fingerprint density at radius 3 is 2.15 bits per heavy atom. The van der Waals surface area contributed by atoms with Crippen LogP contribution in [0.3, 0.4) is 0 Å². The van der Waals surface area contributed by atoms with E-state index in [9.17, 15) is 14.4 Å². The van der Waals surface area contributed by atoms with Gasteiger partial charge in [-0.25, -0.2) is 0 Å².